The van der Waals surface area contributed by atoms with E-state index in [1.54, 1.807) is 0 Å². The molecule has 2 unspecified atom stereocenters. The molecule has 0 bridgehead atoms. The van der Waals surface area contributed by atoms with Gasteiger partial charge in [-0.1, -0.05) is 45.2 Å². The Bertz CT molecular complexity index is 370. The van der Waals surface area contributed by atoms with Gasteiger partial charge in [0, 0.05) is 4.90 Å². The highest BCUT2D eigenvalue weighted by molar-refractivity contribution is 7.98. The van der Waals surface area contributed by atoms with Gasteiger partial charge >= 0.3 is 0 Å². The van der Waals surface area contributed by atoms with Crippen molar-refractivity contribution in [3.8, 4) is 0 Å². The van der Waals surface area contributed by atoms with E-state index in [4.69, 9.17) is 0 Å². The van der Waals surface area contributed by atoms with Crippen molar-refractivity contribution >= 4 is 11.8 Å². The average Bonchev–Trinajstić information content (AvgIpc) is 2.39. The molecule has 100 valence electrons. The number of thioether (sulfide) groups is 1. The van der Waals surface area contributed by atoms with Crippen molar-refractivity contribution in [1.29, 1.82) is 0 Å². The third-order valence-corrected chi connectivity index (χ3v) is 5.15. The van der Waals surface area contributed by atoms with Gasteiger partial charge in [0.05, 0.1) is 0 Å². The van der Waals surface area contributed by atoms with Crippen LogP contribution in [0.4, 0.5) is 0 Å². The number of hydrogen-bond acceptors (Lipinski definition) is 1. The van der Waals surface area contributed by atoms with Crippen LogP contribution in [0, 0.1) is 17.8 Å². The summed E-state index contributed by atoms with van der Waals surface area (Å²) in [6.07, 6.45) is 9.23. The van der Waals surface area contributed by atoms with Crippen molar-refractivity contribution in [2.45, 2.75) is 50.8 Å². The molecule has 18 heavy (non-hydrogen) atoms. The highest BCUT2D eigenvalue weighted by Crippen LogP contribution is 2.35. The van der Waals surface area contributed by atoms with Gasteiger partial charge in [-0.2, -0.15) is 0 Å². The van der Waals surface area contributed by atoms with Crippen LogP contribution in [0.1, 0.15) is 45.1 Å². The van der Waals surface area contributed by atoms with Crippen LogP contribution in [0.3, 0.4) is 0 Å². The van der Waals surface area contributed by atoms with Crippen molar-refractivity contribution in [2.75, 3.05) is 6.26 Å². The molecular weight excluding hydrogens is 236 g/mol. The Kier molecular flexibility index (Phi) is 5.17. The first-order valence-corrected chi connectivity index (χ1v) is 8.54. The molecule has 1 aromatic carbocycles. The second-order valence-corrected chi connectivity index (χ2v) is 6.97. The lowest BCUT2D eigenvalue weighted by atomic mass is 9.74. The summed E-state index contributed by atoms with van der Waals surface area (Å²) in [7, 11) is 0. The molecule has 1 aliphatic rings. The van der Waals surface area contributed by atoms with Gasteiger partial charge in [-0.05, 0) is 54.5 Å². The van der Waals surface area contributed by atoms with E-state index in [1.807, 2.05) is 11.8 Å². The standard InChI is InChI=1S/C17H26S/c1-13(2)16-8-4-6-14(11-16)10-15-7-5-9-17(12-15)18-3/h5,7,9,12-14,16H,4,6,8,10-11H2,1-3H3. The van der Waals surface area contributed by atoms with Gasteiger partial charge in [-0.15, -0.1) is 11.8 Å². The zero-order valence-electron chi connectivity index (χ0n) is 12.0. The molecule has 1 saturated carbocycles. The minimum atomic E-state index is 0.866. The second-order valence-electron chi connectivity index (χ2n) is 6.09. The summed E-state index contributed by atoms with van der Waals surface area (Å²) in [6.45, 7) is 4.78. The second kappa shape index (κ2) is 6.65. The van der Waals surface area contributed by atoms with Gasteiger partial charge in [-0.3, -0.25) is 0 Å². The molecule has 0 aromatic heterocycles. The van der Waals surface area contributed by atoms with Crippen molar-refractivity contribution in [3.05, 3.63) is 29.8 Å². The van der Waals surface area contributed by atoms with E-state index in [9.17, 15) is 0 Å². The predicted molar refractivity (Wildman–Crippen MR) is 82.2 cm³/mol. The molecule has 0 aliphatic heterocycles. The van der Waals surface area contributed by atoms with Crippen LogP contribution in [0.15, 0.2) is 29.2 Å². The molecule has 0 nitrogen and oxygen atoms in total. The first kappa shape index (κ1) is 14.0. The molecule has 1 aromatic rings. The Hall–Kier alpha value is -0.430. The lowest BCUT2D eigenvalue weighted by molar-refractivity contribution is 0.214. The minimum absolute atomic E-state index is 0.866. The third kappa shape index (κ3) is 3.78. The monoisotopic (exact) mass is 262 g/mol. The van der Waals surface area contributed by atoms with Crippen LogP contribution in [-0.2, 0) is 6.42 Å². The fourth-order valence-corrected chi connectivity index (χ4v) is 3.74. The molecule has 0 amide bonds. The summed E-state index contributed by atoms with van der Waals surface area (Å²) in [5, 5.41) is 0. The fourth-order valence-electron chi connectivity index (χ4n) is 3.26. The van der Waals surface area contributed by atoms with Crippen LogP contribution in [0.2, 0.25) is 0 Å². The van der Waals surface area contributed by atoms with E-state index in [0.29, 0.717) is 0 Å². The number of benzene rings is 1. The minimum Gasteiger partial charge on any atom is -0.130 e. The van der Waals surface area contributed by atoms with Crippen molar-refractivity contribution in [1.82, 2.24) is 0 Å². The van der Waals surface area contributed by atoms with E-state index in [-0.39, 0.29) is 0 Å². The molecule has 0 heterocycles. The topological polar surface area (TPSA) is 0 Å². The SMILES string of the molecule is CSc1cccc(CC2CCCC(C(C)C)C2)c1. The van der Waals surface area contributed by atoms with Crippen LogP contribution in [0.5, 0.6) is 0 Å². The summed E-state index contributed by atoms with van der Waals surface area (Å²) in [6, 6.07) is 9.11. The molecule has 0 spiro atoms. The highest BCUT2D eigenvalue weighted by Gasteiger charge is 2.24. The lowest BCUT2D eigenvalue weighted by Crippen LogP contribution is -2.21. The van der Waals surface area contributed by atoms with E-state index in [0.717, 1.165) is 17.8 Å². The molecule has 0 radical (unpaired) electrons. The van der Waals surface area contributed by atoms with Crippen LogP contribution >= 0.6 is 11.8 Å². The van der Waals surface area contributed by atoms with Gasteiger partial charge in [-0.25, -0.2) is 0 Å². The predicted octanol–water partition coefficient (Wildman–Crippen LogP) is 5.41. The van der Waals surface area contributed by atoms with Gasteiger partial charge < -0.3 is 0 Å². The van der Waals surface area contributed by atoms with Crippen LogP contribution < -0.4 is 0 Å². The van der Waals surface area contributed by atoms with E-state index in [2.05, 4.69) is 44.4 Å². The zero-order chi connectivity index (χ0) is 13.0. The average molecular weight is 262 g/mol. The fraction of sp³-hybridized carbons (Fsp3) is 0.647. The zero-order valence-corrected chi connectivity index (χ0v) is 12.8. The van der Waals surface area contributed by atoms with E-state index >= 15 is 0 Å². The smallest absolute Gasteiger partial charge is 0.00718 e. The van der Waals surface area contributed by atoms with E-state index < -0.39 is 0 Å². The largest absolute Gasteiger partial charge is 0.130 e. The van der Waals surface area contributed by atoms with Crippen molar-refractivity contribution < 1.29 is 0 Å². The lowest BCUT2D eigenvalue weighted by Gasteiger charge is -2.31. The van der Waals surface area contributed by atoms with Gasteiger partial charge in [0.25, 0.3) is 0 Å². The highest BCUT2D eigenvalue weighted by atomic mass is 32.2. The van der Waals surface area contributed by atoms with Crippen LogP contribution in [0.25, 0.3) is 0 Å². The first-order valence-electron chi connectivity index (χ1n) is 7.32. The maximum Gasteiger partial charge on any atom is 0.00718 e. The normalized spacial score (nSPS) is 24.4. The van der Waals surface area contributed by atoms with Gasteiger partial charge in [0.1, 0.15) is 0 Å². The molecule has 0 N–H and O–H groups in total. The third-order valence-electron chi connectivity index (χ3n) is 4.42. The van der Waals surface area contributed by atoms with Gasteiger partial charge in [0.15, 0.2) is 0 Å². The van der Waals surface area contributed by atoms with E-state index in [1.165, 1.54) is 42.6 Å². The van der Waals surface area contributed by atoms with Crippen molar-refractivity contribution in [2.24, 2.45) is 17.8 Å². The maximum absolute atomic E-state index is 2.39. The molecule has 0 saturated heterocycles. The summed E-state index contributed by atoms with van der Waals surface area (Å²) >= 11 is 1.85. The Morgan fingerprint density at radius 2 is 2.11 bits per heavy atom. The Labute approximate surface area is 117 Å². The molecule has 2 rings (SSSR count). The summed E-state index contributed by atoms with van der Waals surface area (Å²) in [5.74, 6) is 2.75. The molecular formula is C17H26S. The maximum atomic E-state index is 2.39. The molecule has 1 aliphatic carbocycles. The summed E-state index contributed by atoms with van der Waals surface area (Å²) in [4.78, 5) is 1.41. The quantitative estimate of drug-likeness (QED) is 0.653. The first-order chi connectivity index (χ1) is 8.69. The molecule has 1 heteroatoms. The Morgan fingerprint density at radius 3 is 2.83 bits per heavy atom. The number of hydrogen-bond donors (Lipinski definition) is 0. The number of rotatable bonds is 4. The summed E-state index contributed by atoms with van der Waals surface area (Å²) in [5.41, 5.74) is 1.54. The van der Waals surface area contributed by atoms with Crippen LogP contribution in [-0.4, -0.2) is 6.26 Å². The van der Waals surface area contributed by atoms with Gasteiger partial charge in [0.2, 0.25) is 0 Å². The Morgan fingerprint density at radius 1 is 1.28 bits per heavy atom. The molecule has 2 atom stereocenters. The summed E-state index contributed by atoms with van der Waals surface area (Å²) < 4.78 is 0. The van der Waals surface area contributed by atoms with Crippen molar-refractivity contribution in [3.63, 3.8) is 0 Å². The molecule has 1 fully saturated rings. The Balaban J connectivity index is 1.95.